The Labute approximate surface area is 209 Å². The highest BCUT2D eigenvalue weighted by Gasteiger charge is 2.29. The Morgan fingerprint density at radius 1 is 1.17 bits per heavy atom. The largest absolute Gasteiger partial charge is 0.493 e. The summed E-state index contributed by atoms with van der Waals surface area (Å²) in [5.74, 6) is 1.53. The van der Waals surface area contributed by atoms with E-state index in [4.69, 9.17) is 13.9 Å². The van der Waals surface area contributed by atoms with Gasteiger partial charge >= 0.3 is 0 Å². The molecule has 1 unspecified atom stereocenters. The minimum Gasteiger partial charge on any atom is -0.493 e. The molecule has 0 saturated heterocycles. The molecule has 2 amide bonds. The second-order valence-electron chi connectivity index (χ2n) is 8.83. The van der Waals surface area contributed by atoms with Gasteiger partial charge < -0.3 is 24.1 Å². The van der Waals surface area contributed by atoms with Crippen molar-refractivity contribution in [2.45, 2.75) is 64.2 Å². The van der Waals surface area contributed by atoms with Crippen LogP contribution in [0.25, 0.3) is 11.4 Å². The number of amides is 2. The van der Waals surface area contributed by atoms with Gasteiger partial charge in [0.05, 0.1) is 27.0 Å². The van der Waals surface area contributed by atoms with Gasteiger partial charge in [0.25, 0.3) is 0 Å². The lowest BCUT2D eigenvalue weighted by Gasteiger charge is -2.30. The summed E-state index contributed by atoms with van der Waals surface area (Å²) in [7, 11) is 3.10. The van der Waals surface area contributed by atoms with Crippen molar-refractivity contribution in [1.82, 2.24) is 30.4 Å². The van der Waals surface area contributed by atoms with Gasteiger partial charge in [0, 0.05) is 11.6 Å². The maximum Gasteiger partial charge on any atom is 0.247 e. The van der Waals surface area contributed by atoms with Gasteiger partial charge in [-0.25, -0.2) is 0 Å². The molecule has 1 fully saturated rings. The predicted molar refractivity (Wildman–Crippen MR) is 130 cm³/mol. The number of hydrogen-bond donors (Lipinski definition) is 1. The number of carbonyl (C=O) groups excluding carboxylic acids is 2. The summed E-state index contributed by atoms with van der Waals surface area (Å²) in [6, 6.07) is 8.24. The Morgan fingerprint density at radius 2 is 1.94 bits per heavy atom. The molecule has 0 spiro atoms. The molecule has 4 rings (SSSR count). The smallest absolute Gasteiger partial charge is 0.247 e. The van der Waals surface area contributed by atoms with Crippen LogP contribution in [0.15, 0.2) is 41.0 Å². The van der Waals surface area contributed by atoms with Gasteiger partial charge in [-0.1, -0.05) is 19.3 Å². The third-order valence-electron chi connectivity index (χ3n) is 6.40. The van der Waals surface area contributed by atoms with E-state index >= 15 is 0 Å². The topological polar surface area (TPSA) is 125 Å². The second-order valence-corrected chi connectivity index (χ2v) is 8.83. The monoisotopic (exact) mass is 496 g/mol. The molecule has 1 N–H and O–H groups in total. The number of methoxy groups -OCH3 is 2. The van der Waals surface area contributed by atoms with E-state index in [0.29, 0.717) is 28.6 Å². The Hall–Kier alpha value is -3.89. The van der Waals surface area contributed by atoms with Gasteiger partial charge in [-0.2, -0.15) is 4.80 Å². The number of rotatable bonds is 10. The van der Waals surface area contributed by atoms with Gasteiger partial charge in [-0.15, -0.1) is 10.2 Å². The predicted octanol–water partition coefficient (Wildman–Crippen LogP) is 2.82. The SMILES string of the molecule is COc1ccc(-c2nnn(CC(=O)N(Cc3ccco3)C(C)C(=O)NC3CCCCC3)n2)cc1OC. The van der Waals surface area contributed by atoms with Crippen LogP contribution in [0, 0.1) is 0 Å². The van der Waals surface area contributed by atoms with Crippen LogP contribution in [-0.2, 0) is 22.7 Å². The summed E-state index contributed by atoms with van der Waals surface area (Å²) in [6.45, 7) is 1.70. The average Bonchev–Trinajstić information content (AvgIpc) is 3.59. The standard InChI is InChI=1S/C25H32N6O5/c1-17(25(33)26-19-8-5-4-6-9-19)30(15-20-10-7-13-36-20)23(32)16-31-28-24(27-29-31)18-11-12-21(34-2)22(14-18)35-3/h7,10-14,17,19H,4-6,8-9,15-16H2,1-3H3,(H,26,33). The number of carbonyl (C=O) groups is 2. The Kier molecular flexibility index (Phi) is 8.19. The minimum absolute atomic E-state index is 0.148. The minimum atomic E-state index is -0.696. The molecule has 2 heterocycles. The van der Waals surface area contributed by atoms with E-state index < -0.39 is 6.04 Å². The third-order valence-corrected chi connectivity index (χ3v) is 6.40. The van der Waals surface area contributed by atoms with Crippen LogP contribution >= 0.6 is 0 Å². The number of benzene rings is 1. The molecule has 0 aliphatic heterocycles. The first-order valence-corrected chi connectivity index (χ1v) is 12.1. The van der Waals surface area contributed by atoms with Crippen molar-refractivity contribution in [1.29, 1.82) is 0 Å². The maximum absolute atomic E-state index is 13.3. The Bertz CT molecular complexity index is 1160. The lowest BCUT2D eigenvalue weighted by Crippen LogP contribution is -2.51. The van der Waals surface area contributed by atoms with E-state index in [9.17, 15) is 9.59 Å². The van der Waals surface area contributed by atoms with Crippen molar-refractivity contribution in [2.75, 3.05) is 14.2 Å². The summed E-state index contributed by atoms with van der Waals surface area (Å²) in [4.78, 5) is 29.1. The van der Waals surface area contributed by atoms with Gasteiger partial charge in [0.15, 0.2) is 11.5 Å². The van der Waals surface area contributed by atoms with E-state index in [0.717, 1.165) is 25.7 Å². The molecule has 0 radical (unpaired) electrons. The van der Waals surface area contributed by atoms with E-state index in [2.05, 4.69) is 20.7 Å². The first-order chi connectivity index (χ1) is 17.5. The lowest BCUT2D eigenvalue weighted by atomic mass is 9.95. The number of hydrogen-bond acceptors (Lipinski definition) is 8. The highest BCUT2D eigenvalue weighted by Crippen LogP contribution is 2.30. The van der Waals surface area contributed by atoms with Crippen LogP contribution in [0.1, 0.15) is 44.8 Å². The third kappa shape index (κ3) is 6.02. The molecular formula is C25H32N6O5. The van der Waals surface area contributed by atoms with Gasteiger partial charge in [0.2, 0.25) is 17.6 Å². The van der Waals surface area contributed by atoms with Crippen molar-refractivity contribution in [3.8, 4) is 22.9 Å². The van der Waals surface area contributed by atoms with E-state index in [1.54, 1.807) is 57.7 Å². The fourth-order valence-electron chi connectivity index (χ4n) is 4.33. The fourth-order valence-corrected chi connectivity index (χ4v) is 4.33. The zero-order valence-electron chi connectivity index (χ0n) is 20.8. The Balaban J connectivity index is 1.48. The number of nitrogens with zero attached hydrogens (tertiary/aromatic N) is 5. The van der Waals surface area contributed by atoms with Gasteiger partial charge in [-0.3, -0.25) is 9.59 Å². The summed E-state index contributed by atoms with van der Waals surface area (Å²) in [5, 5.41) is 15.6. The van der Waals surface area contributed by atoms with Crippen LogP contribution in [0.5, 0.6) is 11.5 Å². The van der Waals surface area contributed by atoms with Gasteiger partial charge in [0.1, 0.15) is 18.3 Å². The highest BCUT2D eigenvalue weighted by atomic mass is 16.5. The summed E-state index contributed by atoms with van der Waals surface area (Å²) in [5.41, 5.74) is 0.666. The Morgan fingerprint density at radius 3 is 2.64 bits per heavy atom. The van der Waals surface area contributed by atoms with Crippen LogP contribution in [0.4, 0.5) is 0 Å². The lowest BCUT2D eigenvalue weighted by molar-refractivity contribution is -0.142. The number of ether oxygens (including phenoxy) is 2. The molecule has 1 aliphatic rings. The molecule has 1 aromatic carbocycles. The molecule has 2 aromatic heterocycles. The molecule has 1 atom stereocenters. The summed E-state index contributed by atoms with van der Waals surface area (Å²) >= 11 is 0. The molecule has 0 bridgehead atoms. The van der Waals surface area contributed by atoms with Crippen molar-refractivity contribution in [3.05, 3.63) is 42.4 Å². The molecule has 11 heteroatoms. The highest BCUT2D eigenvalue weighted by molar-refractivity contribution is 5.87. The summed E-state index contributed by atoms with van der Waals surface area (Å²) < 4.78 is 16.1. The molecular weight excluding hydrogens is 464 g/mol. The molecule has 1 saturated carbocycles. The fraction of sp³-hybridized carbons (Fsp3) is 0.480. The number of aromatic nitrogens is 4. The number of furan rings is 1. The first-order valence-electron chi connectivity index (χ1n) is 12.1. The first kappa shape index (κ1) is 25.2. The van der Waals surface area contributed by atoms with Crippen LogP contribution in [0.3, 0.4) is 0 Å². The molecule has 1 aliphatic carbocycles. The normalized spacial score (nSPS) is 14.8. The average molecular weight is 497 g/mol. The zero-order chi connectivity index (χ0) is 25.5. The van der Waals surface area contributed by atoms with E-state index in [1.807, 2.05) is 0 Å². The zero-order valence-corrected chi connectivity index (χ0v) is 20.8. The molecule has 192 valence electrons. The molecule has 3 aromatic rings. The van der Waals surface area contributed by atoms with Gasteiger partial charge in [-0.05, 0) is 55.3 Å². The van der Waals surface area contributed by atoms with Crippen LogP contribution in [-0.4, -0.2) is 63.2 Å². The molecule has 36 heavy (non-hydrogen) atoms. The van der Waals surface area contributed by atoms with Crippen molar-refractivity contribution < 1.29 is 23.5 Å². The summed E-state index contributed by atoms with van der Waals surface area (Å²) in [6.07, 6.45) is 6.88. The number of tetrazole rings is 1. The molecule has 11 nitrogen and oxygen atoms in total. The number of nitrogens with one attached hydrogen (secondary N) is 1. The maximum atomic E-state index is 13.3. The van der Waals surface area contributed by atoms with E-state index in [-0.39, 0.29) is 30.9 Å². The van der Waals surface area contributed by atoms with Crippen molar-refractivity contribution >= 4 is 11.8 Å². The van der Waals surface area contributed by atoms with Crippen LogP contribution in [0.2, 0.25) is 0 Å². The second kappa shape index (κ2) is 11.7. The van der Waals surface area contributed by atoms with Crippen molar-refractivity contribution in [3.63, 3.8) is 0 Å². The van der Waals surface area contributed by atoms with Crippen molar-refractivity contribution in [2.24, 2.45) is 0 Å². The van der Waals surface area contributed by atoms with Crippen LogP contribution < -0.4 is 14.8 Å². The van der Waals surface area contributed by atoms with E-state index in [1.165, 1.54) is 16.1 Å². The quantitative estimate of drug-likeness (QED) is 0.454.